The number of hydrogen-bond donors (Lipinski definition) is 4. The Bertz CT molecular complexity index is 942. The predicted octanol–water partition coefficient (Wildman–Crippen LogP) is 5.99. The van der Waals surface area contributed by atoms with E-state index < -0.39 is 23.6 Å². The van der Waals surface area contributed by atoms with Gasteiger partial charge in [-0.1, -0.05) is 64.5 Å². The van der Waals surface area contributed by atoms with E-state index >= 15 is 0 Å². The van der Waals surface area contributed by atoms with Gasteiger partial charge in [-0.2, -0.15) is 0 Å². The summed E-state index contributed by atoms with van der Waals surface area (Å²) in [6, 6.07) is 0. The second kappa shape index (κ2) is 11.2. The molecule has 0 aromatic carbocycles. The molecule has 210 valence electrons. The fourth-order valence-electron chi connectivity index (χ4n) is 7.73. The van der Waals surface area contributed by atoms with Crippen LogP contribution in [0.5, 0.6) is 0 Å². The van der Waals surface area contributed by atoms with E-state index in [2.05, 4.69) is 46.8 Å². The van der Waals surface area contributed by atoms with Crippen LogP contribution in [-0.4, -0.2) is 56.2 Å². The third-order valence-electron chi connectivity index (χ3n) is 10.8. The Morgan fingerprint density at radius 2 is 1.78 bits per heavy atom. The van der Waals surface area contributed by atoms with Crippen LogP contribution in [0.2, 0.25) is 0 Å². The first-order valence-electron chi connectivity index (χ1n) is 14.1. The van der Waals surface area contributed by atoms with Crippen LogP contribution >= 0.6 is 11.8 Å². The molecule has 5 nitrogen and oxygen atoms in total. The van der Waals surface area contributed by atoms with Crippen molar-refractivity contribution in [2.24, 2.45) is 33.5 Å². The summed E-state index contributed by atoms with van der Waals surface area (Å²) in [6.07, 6.45) is 11.5. The third-order valence-corrected chi connectivity index (χ3v) is 11.9. The van der Waals surface area contributed by atoms with Gasteiger partial charge in [0.1, 0.15) is 12.2 Å². The quantitative estimate of drug-likeness (QED) is 0.312. The summed E-state index contributed by atoms with van der Waals surface area (Å²) >= 11 is 1.65. The number of aliphatic hydroxyl groups excluding tert-OH is 3. The normalized spacial score (nSPS) is 47.2. The number of carbonyl (C=O) groups is 1. The second-order valence-electron chi connectivity index (χ2n) is 13.1. The highest BCUT2D eigenvalue weighted by Gasteiger charge is 2.60. The summed E-state index contributed by atoms with van der Waals surface area (Å²) in [5.74, 6) is 0.633. The van der Waals surface area contributed by atoms with E-state index in [1.54, 1.807) is 17.8 Å². The lowest BCUT2D eigenvalue weighted by Gasteiger charge is -2.63. The van der Waals surface area contributed by atoms with Gasteiger partial charge in [0.2, 0.25) is 0 Å². The topological polar surface area (TPSA) is 98.0 Å². The summed E-state index contributed by atoms with van der Waals surface area (Å²) < 4.78 is 0. The lowest BCUT2D eigenvalue weighted by atomic mass is 9.41. The number of carboxylic acid groups (broad SMARTS) is 1. The highest BCUT2D eigenvalue weighted by Crippen LogP contribution is 2.68. The Morgan fingerprint density at radius 1 is 1.11 bits per heavy atom. The van der Waals surface area contributed by atoms with Gasteiger partial charge in [0, 0.05) is 16.4 Å². The van der Waals surface area contributed by atoms with Gasteiger partial charge in [-0.15, -0.1) is 11.8 Å². The Hall–Kier alpha value is -1.08. The molecule has 37 heavy (non-hydrogen) atoms. The molecule has 0 bridgehead atoms. The molecule has 3 aliphatic rings. The zero-order chi connectivity index (χ0) is 27.8. The molecule has 4 N–H and O–H groups in total. The molecule has 0 aliphatic heterocycles. The van der Waals surface area contributed by atoms with E-state index in [-0.39, 0.29) is 34.0 Å². The summed E-state index contributed by atoms with van der Waals surface area (Å²) in [6.45, 7) is 15.5. The monoisotopic (exact) mass is 534 g/mol. The minimum absolute atomic E-state index is 0.0453. The first-order chi connectivity index (χ1) is 17.2. The molecule has 0 aromatic rings. The van der Waals surface area contributed by atoms with Gasteiger partial charge in [0.15, 0.2) is 0 Å². The van der Waals surface area contributed by atoms with Crippen molar-refractivity contribution in [1.82, 2.24) is 0 Å². The predicted molar refractivity (Wildman–Crippen MR) is 152 cm³/mol. The number of fused-ring (bicyclic) bond motifs is 1. The largest absolute Gasteiger partial charge is 0.481 e. The Labute approximate surface area is 228 Å². The van der Waals surface area contributed by atoms with Crippen LogP contribution in [-0.2, 0) is 4.79 Å². The molecule has 0 aromatic heterocycles. The molecule has 3 rings (SSSR count). The zero-order valence-corrected chi connectivity index (χ0v) is 24.8. The Kier molecular flexibility index (Phi) is 9.21. The van der Waals surface area contributed by atoms with Gasteiger partial charge in [-0.3, -0.25) is 4.79 Å². The van der Waals surface area contributed by atoms with Crippen LogP contribution in [0.25, 0.3) is 0 Å². The molecule has 0 heterocycles. The van der Waals surface area contributed by atoms with Gasteiger partial charge in [0.05, 0.1) is 12.0 Å². The molecule has 0 radical (unpaired) electrons. The van der Waals surface area contributed by atoms with Crippen molar-refractivity contribution in [3.63, 3.8) is 0 Å². The number of allylic oxidation sites excluding steroid dienone is 2. The second-order valence-corrected chi connectivity index (χ2v) is 14.3. The molecule has 3 aliphatic carbocycles. The molecule has 0 amide bonds. The number of aliphatic carboxylic acids is 1. The number of aliphatic hydroxyl groups is 3. The summed E-state index contributed by atoms with van der Waals surface area (Å²) in [7, 11) is 0. The van der Waals surface area contributed by atoms with Crippen LogP contribution in [0.4, 0.5) is 0 Å². The first kappa shape index (κ1) is 30.5. The molecule has 2 fully saturated rings. The van der Waals surface area contributed by atoms with E-state index in [0.717, 1.165) is 37.7 Å². The standard InChI is InChI=1S/C31H50O5S/c1-8-30(6)25-18-22(37-16-15-32)17-21(3)26(34)24(33)10-12-28(25,4)13-14-31(30,7)23-19-29(5,27(35)36)11-9-20(23)2/h10,12,17-18,20,22-24,26,32-34H,8-9,11,13-16,19H2,1-7H3,(H,35,36)/b12-10+,21-17+,25-18?/t20-,22?,23-,24?,26?,28-,29-,30-,31+/m1/s1. The minimum atomic E-state index is -0.980. The molecular formula is C31H50O5S. The van der Waals surface area contributed by atoms with Crippen molar-refractivity contribution in [1.29, 1.82) is 0 Å². The van der Waals surface area contributed by atoms with E-state index in [4.69, 9.17) is 0 Å². The van der Waals surface area contributed by atoms with Crippen LogP contribution in [0.1, 0.15) is 87.0 Å². The number of thioether (sulfide) groups is 1. The smallest absolute Gasteiger partial charge is 0.309 e. The SMILES string of the molecule is CC[C@]1(C)C2=CC(SCCO)/C=C(\C)C(O)C(O)/C=C/[C@]2(C)CC[C@@]1(C)[C@@H]1C[C@](C)(C(=O)O)CC[C@H]1C. The van der Waals surface area contributed by atoms with E-state index in [1.165, 1.54) is 5.57 Å². The van der Waals surface area contributed by atoms with Crippen LogP contribution in [0.15, 0.2) is 35.5 Å². The van der Waals surface area contributed by atoms with Crippen LogP contribution in [0, 0.1) is 33.5 Å². The number of rotatable bonds is 6. The summed E-state index contributed by atoms with van der Waals surface area (Å²) in [5.41, 5.74) is 0.789. The fourth-order valence-corrected chi connectivity index (χ4v) is 8.65. The maximum atomic E-state index is 12.3. The van der Waals surface area contributed by atoms with Crippen molar-refractivity contribution in [3.05, 3.63) is 35.5 Å². The maximum Gasteiger partial charge on any atom is 0.309 e. The maximum absolute atomic E-state index is 12.3. The van der Waals surface area contributed by atoms with Crippen LogP contribution < -0.4 is 0 Å². The zero-order valence-electron chi connectivity index (χ0n) is 24.0. The van der Waals surface area contributed by atoms with E-state index in [9.17, 15) is 25.2 Å². The first-order valence-corrected chi connectivity index (χ1v) is 15.1. The van der Waals surface area contributed by atoms with Crippen molar-refractivity contribution >= 4 is 17.7 Å². The number of hydrogen-bond acceptors (Lipinski definition) is 5. The lowest BCUT2D eigenvalue weighted by Crippen LogP contribution is -2.55. The van der Waals surface area contributed by atoms with Crippen molar-refractivity contribution in [2.75, 3.05) is 12.4 Å². The minimum Gasteiger partial charge on any atom is -0.481 e. The molecule has 9 atom stereocenters. The Balaban J connectivity index is 2.20. The van der Waals surface area contributed by atoms with Gasteiger partial charge in [0.25, 0.3) is 0 Å². The third kappa shape index (κ3) is 5.50. The highest BCUT2D eigenvalue weighted by atomic mass is 32.2. The average molecular weight is 535 g/mol. The summed E-state index contributed by atoms with van der Waals surface area (Å²) in [4.78, 5) is 12.3. The molecule has 2 saturated carbocycles. The van der Waals surface area contributed by atoms with E-state index in [1.807, 2.05) is 19.9 Å². The van der Waals surface area contributed by atoms with Crippen LogP contribution in [0.3, 0.4) is 0 Å². The van der Waals surface area contributed by atoms with Crippen molar-refractivity contribution in [2.45, 2.75) is 104 Å². The average Bonchev–Trinajstić information content (AvgIpc) is 2.86. The van der Waals surface area contributed by atoms with Gasteiger partial charge in [-0.25, -0.2) is 0 Å². The number of carboxylic acids is 1. The Morgan fingerprint density at radius 3 is 2.38 bits per heavy atom. The highest BCUT2D eigenvalue weighted by molar-refractivity contribution is 8.00. The molecular weight excluding hydrogens is 484 g/mol. The summed E-state index contributed by atoms with van der Waals surface area (Å²) in [5, 5.41) is 41.2. The van der Waals surface area contributed by atoms with E-state index in [0.29, 0.717) is 18.1 Å². The molecule has 0 spiro atoms. The fraction of sp³-hybridized carbons (Fsp3) is 0.774. The lowest BCUT2D eigenvalue weighted by molar-refractivity contribution is -0.156. The van der Waals surface area contributed by atoms with Gasteiger partial charge < -0.3 is 20.4 Å². The molecule has 0 saturated heterocycles. The van der Waals surface area contributed by atoms with Crippen molar-refractivity contribution in [3.8, 4) is 0 Å². The van der Waals surface area contributed by atoms with Gasteiger partial charge in [-0.05, 0) is 80.6 Å². The van der Waals surface area contributed by atoms with Gasteiger partial charge >= 0.3 is 5.97 Å². The molecule has 3 unspecified atom stereocenters. The van der Waals surface area contributed by atoms with Crippen molar-refractivity contribution < 1.29 is 25.2 Å². The molecule has 6 heteroatoms.